The van der Waals surface area contributed by atoms with Gasteiger partial charge in [0.25, 0.3) is 0 Å². The van der Waals surface area contributed by atoms with Crippen LogP contribution in [0.25, 0.3) is 22.3 Å². The van der Waals surface area contributed by atoms with Crippen LogP contribution in [0, 0.1) is 0 Å². The monoisotopic (exact) mass is 494 g/mol. The molecule has 7 nitrogen and oxygen atoms in total. The van der Waals surface area contributed by atoms with Crippen LogP contribution in [0.1, 0.15) is 18.1 Å². The fourth-order valence-corrected chi connectivity index (χ4v) is 4.60. The van der Waals surface area contributed by atoms with E-state index < -0.39 is 17.0 Å². The van der Waals surface area contributed by atoms with Crippen molar-refractivity contribution in [1.82, 2.24) is 0 Å². The first kappa shape index (κ1) is 22.5. The lowest BCUT2D eigenvalue weighted by Gasteiger charge is -2.28. The summed E-state index contributed by atoms with van der Waals surface area (Å²) in [7, 11) is 0. The van der Waals surface area contributed by atoms with E-state index in [4.69, 9.17) is 18.6 Å². The summed E-state index contributed by atoms with van der Waals surface area (Å²) in [6.07, 6.45) is 0. The van der Waals surface area contributed by atoms with Gasteiger partial charge in [-0.15, -0.1) is 0 Å². The van der Waals surface area contributed by atoms with Gasteiger partial charge >= 0.3 is 5.79 Å². The Bertz CT molecular complexity index is 1630. The second-order valence-corrected chi connectivity index (χ2v) is 8.57. The van der Waals surface area contributed by atoms with Gasteiger partial charge in [-0.05, 0) is 25.1 Å². The molecule has 0 radical (unpaired) electrons. The summed E-state index contributed by atoms with van der Waals surface area (Å²) in [5.41, 5.74) is 1.62. The Morgan fingerprint density at radius 3 is 2.11 bits per heavy atom. The number of phenolic OH excluding ortho intramolecular Hbond substituents is 2. The molecule has 184 valence electrons. The van der Waals surface area contributed by atoms with Crippen LogP contribution in [0.3, 0.4) is 0 Å². The molecule has 0 saturated carbocycles. The Kier molecular flexibility index (Phi) is 5.26. The Morgan fingerprint density at radius 2 is 1.46 bits per heavy atom. The zero-order valence-corrected chi connectivity index (χ0v) is 19.8. The Morgan fingerprint density at radius 1 is 0.811 bits per heavy atom. The number of rotatable bonds is 5. The quantitative estimate of drug-likeness (QED) is 0.312. The highest BCUT2D eigenvalue weighted by Gasteiger charge is 2.45. The van der Waals surface area contributed by atoms with E-state index in [2.05, 4.69) is 0 Å². The second-order valence-electron chi connectivity index (χ2n) is 8.57. The largest absolute Gasteiger partial charge is 0.508 e. The molecule has 1 aliphatic heterocycles. The van der Waals surface area contributed by atoms with Crippen LogP contribution < -0.4 is 19.6 Å². The van der Waals surface area contributed by atoms with Crippen LogP contribution in [-0.2, 0) is 5.79 Å². The summed E-state index contributed by atoms with van der Waals surface area (Å²) < 4.78 is 24.6. The lowest BCUT2D eigenvalue weighted by molar-refractivity contribution is -0.0459. The van der Waals surface area contributed by atoms with Crippen molar-refractivity contribution < 1.29 is 28.8 Å². The van der Waals surface area contributed by atoms with Crippen molar-refractivity contribution in [2.24, 2.45) is 0 Å². The molecule has 0 unspecified atom stereocenters. The summed E-state index contributed by atoms with van der Waals surface area (Å²) >= 11 is 0. The van der Waals surface area contributed by atoms with E-state index in [0.717, 1.165) is 17.2 Å². The first-order valence-corrected chi connectivity index (χ1v) is 11.8. The highest BCUT2D eigenvalue weighted by molar-refractivity contribution is 5.88. The van der Waals surface area contributed by atoms with E-state index in [1.165, 1.54) is 6.07 Å². The fraction of sp³-hybridized carbons (Fsp3) is 0.100. The van der Waals surface area contributed by atoms with Crippen LogP contribution in [0.2, 0.25) is 0 Å². The summed E-state index contributed by atoms with van der Waals surface area (Å²) in [5.74, 6) is -0.752. The van der Waals surface area contributed by atoms with E-state index in [-0.39, 0.29) is 34.8 Å². The predicted octanol–water partition coefficient (Wildman–Crippen LogP) is 5.94. The number of aromatic hydroxyl groups is 2. The van der Waals surface area contributed by atoms with Crippen molar-refractivity contribution in [3.63, 3.8) is 0 Å². The third-order valence-electron chi connectivity index (χ3n) is 6.23. The average molecular weight is 494 g/mol. The maximum atomic E-state index is 13.3. The van der Waals surface area contributed by atoms with Crippen LogP contribution in [0.5, 0.6) is 28.7 Å². The van der Waals surface area contributed by atoms with Crippen LogP contribution in [0.4, 0.5) is 0 Å². The first-order valence-electron chi connectivity index (χ1n) is 11.8. The highest BCUT2D eigenvalue weighted by Crippen LogP contribution is 2.49. The van der Waals surface area contributed by atoms with Gasteiger partial charge in [0, 0.05) is 28.8 Å². The van der Waals surface area contributed by atoms with E-state index in [1.807, 2.05) is 60.7 Å². The van der Waals surface area contributed by atoms with Crippen molar-refractivity contribution in [3.8, 4) is 40.1 Å². The minimum absolute atomic E-state index is 0.0292. The molecule has 0 amide bonds. The lowest BCUT2D eigenvalue weighted by Crippen LogP contribution is -2.36. The Hall–Kier alpha value is -4.91. The van der Waals surface area contributed by atoms with E-state index in [0.29, 0.717) is 17.1 Å². The SMILES string of the molecule is CCOc1c(-c2ccc3c(c2)OC(c2ccccc2)(c2ccccc2)O3)oc2cc(O)cc(O)c2c1=O. The first-order chi connectivity index (χ1) is 18.0. The lowest BCUT2D eigenvalue weighted by atomic mass is 9.97. The van der Waals surface area contributed by atoms with Gasteiger partial charge < -0.3 is 28.8 Å². The fourth-order valence-electron chi connectivity index (χ4n) is 4.60. The molecule has 5 aromatic rings. The van der Waals surface area contributed by atoms with Crippen molar-refractivity contribution in [1.29, 1.82) is 0 Å². The molecule has 2 N–H and O–H groups in total. The molecular formula is C30H22O7. The van der Waals surface area contributed by atoms with Crippen LogP contribution in [-0.4, -0.2) is 16.8 Å². The normalized spacial score (nSPS) is 13.5. The molecule has 1 aromatic heterocycles. The zero-order valence-electron chi connectivity index (χ0n) is 19.8. The maximum Gasteiger partial charge on any atom is 0.305 e. The summed E-state index contributed by atoms with van der Waals surface area (Å²) in [5, 5.41) is 20.2. The van der Waals surface area contributed by atoms with Crippen molar-refractivity contribution in [2.45, 2.75) is 12.7 Å². The number of ether oxygens (including phenoxy) is 3. The topological polar surface area (TPSA) is 98.4 Å². The van der Waals surface area contributed by atoms with E-state index in [9.17, 15) is 15.0 Å². The molecule has 4 aromatic carbocycles. The summed E-state index contributed by atoms with van der Waals surface area (Å²) in [4.78, 5) is 13.3. The van der Waals surface area contributed by atoms with E-state index >= 15 is 0 Å². The van der Waals surface area contributed by atoms with Crippen molar-refractivity contribution >= 4 is 11.0 Å². The highest BCUT2D eigenvalue weighted by atomic mass is 16.7. The Labute approximate surface area is 211 Å². The number of fused-ring (bicyclic) bond motifs is 2. The molecule has 0 bridgehead atoms. The maximum absolute atomic E-state index is 13.3. The molecule has 7 heteroatoms. The van der Waals surface area contributed by atoms with Gasteiger partial charge in [-0.3, -0.25) is 4.79 Å². The molecule has 2 heterocycles. The van der Waals surface area contributed by atoms with E-state index in [1.54, 1.807) is 25.1 Å². The van der Waals surface area contributed by atoms with Crippen LogP contribution in [0.15, 0.2) is 100 Å². The van der Waals surface area contributed by atoms with Crippen molar-refractivity contribution in [3.05, 3.63) is 112 Å². The number of hydrogen-bond acceptors (Lipinski definition) is 7. The van der Waals surface area contributed by atoms with Gasteiger partial charge in [0.2, 0.25) is 11.2 Å². The molecule has 0 saturated heterocycles. The number of phenols is 2. The van der Waals surface area contributed by atoms with Gasteiger partial charge in [0.1, 0.15) is 22.5 Å². The minimum atomic E-state index is -1.20. The van der Waals surface area contributed by atoms with Gasteiger partial charge in [-0.1, -0.05) is 60.7 Å². The van der Waals surface area contributed by atoms with Crippen LogP contribution >= 0.6 is 0 Å². The molecule has 6 rings (SSSR count). The van der Waals surface area contributed by atoms with Gasteiger partial charge in [-0.2, -0.15) is 0 Å². The molecular weight excluding hydrogens is 472 g/mol. The third kappa shape index (κ3) is 3.63. The summed E-state index contributed by atoms with van der Waals surface area (Å²) in [6, 6.07) is 26.9. The van der Waals surface area contributed by atoms with Gasteiger partial charge in [0.15, 0.2) is 17.3 Å². The molecule has 0 atom stereocenters. The molecule has 0 aliphatic carbocycles. The van der Waals surface area contributed by atoms with Crippen molar-refractivity contribution in [2.75, 3.05) is 6.61 Å². The van der Waals surface area contributed by atoms with Gasteiger partial charge in [0.05, 0.1) is 6.61 Å². The number of hydrogen-bond donors (Lipinski definition) is 2. The average Bonchev–Trinajstić information content (AvgIpc) is 3.31. The molecule has 37 heavy (non-hydrogen) atoms. The molecule has 0 fully saturated rings. The second kappa shape index (κ2) is 8.64. The molecule has 1 aliphatic rings. The summed E-state index contributed by atoms with van der Waals surface area (Å²) in [6.45, 7) is 1.95. The van der Waals surface area contributed by atoms with Gasteiger partial charge in [-0.25, -0.2) is 0 Å². The smallest absolute Gasteiger partial charge is 0.305 e. The predicted molar refractivity (Wildman–Crippen MR) is 137 cm³/mol. The number of benzene rings is 4. The Balaban J connectivity index is 1.51. The zero-order chi connectivity index (χ0) is 25.6. The third-order valence-corrected chi connectivity index (χ3v) is 6.23. The minimum Gasteiger partial charge on any atom is -0.508 e. The standard InChI is InChI=1S/C30H22O7/c1-2-34-29-27(33)26-22(32)16-21(31)17-25(26)35-28(29)18-13-14-23-24(15-18)37-30(36-23,19-9-5-3-6-10-19)20-11-7-4-8-12-20/h3-17,31-32H,2H2,1H3. The molecule has 0 spiro atoms.